The van der Waals surface area contributed by atoms with Gasteiger partial charge in [-0.3, -0.25) is 9.59 Å². The summed E-state index contributed by atoms with van der Waals surface area (Å²) < 4.78 is 5.18. The van der Waals surface area contributed by atoms with E-state index in [1.54, 1.807) is 19.1 Å². The third-order valence-electron chi connectivity index (χ3n) is 3.94. The predicted molar refractivity (Wildman–Crippen MR) is 101 cm³/mol. The van der Waals surface area contributed by atoms with Crippen LogP contribution < -0.4 is 5.32 Å². The van der Waals surface area contributed by atoms with Crippen molar-refractivity contribution in [1.82, 2.24) is 0 Å². The number of nitrogens with one attached hydrogen (secondary N) is 1. The van der Waals surface area contributed by atoms with Crippen LogP contribution in [0.3, 0.4) is 0 Å². The number of hydrogen-bond donors (Lipinski definition) is 1. The Hall–Kier alpha value is -1.49. The first-order valence-corrected chi connectivity index (χ1v) is 8.95. The van der Waals surface area contributed by atoms with Gasteiger partial charge in [0.05, 0.1) is 16.9 Å². The van der Waals surface area contributed by atoms with Gasteiger partial charge in [0.2, 0.25) is 5.91 Å². The second-order valence-corrected chi connectivity index (χ2v) is 7.06. The molecule has 0 fully saturated rings. The van der Waals surface area contributed by atoms with E-state index in [4.69, 9.17) is 39.5 Å². The van der Waals surface area contributed by atoms with E-state index < -0.39 is 23.9 Å². The van der Waals surface area contributed by atoms with E-state index in [-0.39, 0.29) is 15.4 Å². The number of hydrogen-bond acceptors (Lipinski definition) is 3. The second kappa shape index (κ2) is 9.27. The van der Waals surface area contributed by atoms with Crippen LogP contribution in [-0.2, 0) is 14.3 Å². The SMILES string of the molecule is CC(OC(=O)C1CC=CCC1C(=O)Nc1ccccc1)C(Cl)=C(Cl)Cl. The van der Waals surface area contributed by atoms with Crippen LogP contribution in [0.2, 0.25) is 0 Å². The third kappa shape index (κ3) is 5.50. The molecule has 1 aromatic carbocycles. The summed E-state index contributed by atoms with van der Waals surface area (Å²) in [5.41, 5.74) is 0.683. The van der Waals surface area contributed by atoms with Crippen molar-refractivity contribution in [3.8, 4) is 0 Å². The molecule has 4 nitrogen and oxygen atoms in total. The van der Waals surface area contributed by atoms with Crippen LogP contribution >= 0.6 is 34.8 Å². The molecule has 1 amide bonds. The molecule has 1 N–H and O–H groups in total. The van der Waals surface area contributed by atoms with Gasteiger partial charge in [-0.2, -0.15) is 0 Å². The molecule has 134 valence electrons. The average Bonchev–Trinajstić information content (AvgIpc) is 2.61. The molecular formula is C18H18Cl3NO3. The van der Waals surface area contributed by atoms with Gasteiger partial charge in [0, 0.05) is 5.69 Å². The van der Waals surface area contributed by atoms with Gasteiger partial charge in [-0.15, -0.1) is 0 Å². The van der Waals surface area contributed by atoms with Gasteiger partial charge in [0.25, 0.3) is 0 Å². The molecular weight excluding hydrogens is 385 g/mol. The number of rotatable bonds is 5. The van der Waals surface area contributed by atoms with Crippen molar-refractivity contribution >= 4 is 52.4 Å². The number of carbonyl (C=O) groups is 2. The smallest absolute Gasteiger partial charge is 0.310 e. The van der Waals surface area contributed by atoms with Gasteiger partial charge in [0.1, 0.15) is 10.6 Å². The summed E-state index contributed by atoms with van der Waals surface area (Å²) in [6, 6.07) is 9.10. The first-order valence-electron chi connectivity index (χ1n) is 7.82. The van der Waals surface area contributed by atoms with E-state index in [1.807, 2.05) is 30.4 Å². The van der Waals surface area contributed by atoms with E-state index in [0.717, 1.165) is 0 Å². The third-order valence-corrected chi connectivity index (χ3v) is 5.04. The molecule has 1 aliphatic rings. The lowest BCUT2D eigenvalue weighted by Gasteiger charge is -2.27. The summed E-state index contributed by atoms with van der Waals surface area (Å²) in [6.45, 7) is 1.57. The molecule has 2 rings (SSSR count). The highest BCUT2D eigenvalue weighted by atomic mass is 35.5. The Bertz CT molecular complexity index is 684. The summed E-state index contributed by atoms with van der Waals surface area (Å²) in [7, 11) is 0. The Kier molecular flexibility index (Phi) is 7.36. The maximum Gasteiger partial charge on any atom is 0.310 e. The fraction of sp³-hybridized carbons (Fsp3) is 0.333. The van der Waals surface area contributed by atoms with Gasteiger partial charge in [-0.25, -0.2) is 0 Å². The van der Waals surface area contributed by atoms with Crippen LogP contribution in [0.4, 0.5) is 5.69 Å². The quantitative estimate of drug-likeness (QED) is 0.555. The van der Waals surface area contributed by atoms with Crippen molar-refractivity contribution in [2.24, 2.45) is 11.8 Å². The number of esters is 1. The minimum atomic E-state index is -0.775. The van der Waals surface area contributed by atoms with Crippen LogP contribution in [0.5, 0.6) is 0 Å². The Morgan fingerprint density at radius 2 is 1.68 bits per heavy atom. The molecule has 0 bridgehead atoms. The standard InChI is InChI=1S/C18H18Cl3NO3/c1-11(15(19)16(20)21)25-18(24)14-10-6-5-9-13(14)17(23)22-12-7-3-2-4-8-12/h2-8,11,13-14H,9-10H2,1H3,(H,22,23). The fourth-order valence-corrected chi connectivity index (χ4v) is 2.94. The number of allylic oxidation sites excluding steroid dienone is 2. The highest BCUT2D eigenvalue weighted by molar-refractivity contribution is 6.59. The summed E-state index contributed by atoms with van der Waals surface area (Å²) in [5.74, 6) is -1.83. The minimum Gasteiger partial charge on any atom is -0.457 e. The van der Waals surface area contributed by atoms with Crippen molar-refractivity contribution in [1.29, 1.82) is 0 Å². The van der Waals surface area contributed by atoms with Crippen molar-refractivity contribution in [3.63, 3.8) is 0 Å². The van der Waals surface area contributed by atoms with Gasteiger partial charge in [0.15, 0.2) is 0 Å². The number of anilines is 1. The molecule has 3 unspecified atom stereocenters. The minimum absolute atomic E-state index is 0.0494. The molecule has 1 aromatic rings. The zero-order chi connectivity index (χ0) is 18.4. The molecule has 7 heteroatoms. The van der Waals surface area contributed by atoms with Crippen LogP contribution in [0, 0.1) is 11.8 Å². The Balaban J connectivity index is 2.07. The topological polar surface area (TPSA) is 55.4 Å². The molecule has 0 saturated heterocycles. The molecule has 0 spiro atoms. The van der Waals surface area contributed by atoms with E-state index >= 15 is 0 Å². The fourth-order valence-electron chi connectivity index (χ4n) is 2.59. The van der Waals surface area contributed by atoms with Crippen LogP contribution in [0.1, 0.15) is 19.8 Å². The number of carbonyl (C=O) groups excluding carboxylic acids is 2. The number of amides is 1. The maximum atomic E-state index is 12.6. The molecule has 25 heavy (non-hydrogen) atoms. The molecule has 0 heterocycles. The molecule has 0 aromatic heterocycles. The van der Waals surface area contributed by atoms with E-state index in [0.29, 0.717) is 18.5 Å². The Morgan fingerprint density at radius 1 is 1.08 bits per heavy atom. The van der Waals surface area contributed by atoms with E-state index in [9.17, 15) is 9.59 Å². The monoisotopic (exact) mass is 401 g/mol. The largest absolute Gasteiger partial charge is 0.457 e. The second-order valence-electron chi connectivity index (χ2n) is 5.70. The first kappa shape index (κ1) is 19.8. The average molecular weight is 403 g/mol. The molecule has 3 atom stereocenters. The predicted octanol–water partition coefficient (Wildman–Crippen LogP) is 5.02. The van der Waals surface area contributed by atoms with Crippen molar-refractivity contribution < 1.29 is 14.3 Å². The van der Waals surface area contributed by atoms with Crippen molar-refractivity contribution in [3.05, 3.63) is 52.0 Å². The number of para-hydroxylation sites is 1. The zero-order valence-corrected chi connectivity index (χ0v) is 15.8. The number of ether oxygens (including phenoxy) is 1. The normalized spacial score (nSPS) is 20.5. The zero-order valence-electron chi connectivity index (χ0n) is 13.5. The van der Waals surface area contributed by atoms with Crippen molar-refractivity contribution in [2.45, 2.75) is 25.9 Å². The molecule has 0 aliphatic heterocycles. The highest BCUT2D eigenvalue weighted by Crippen LogP contribution is 2.30. The van der Waals surface area contributed by atoms with Gasteiger partial charge in [-0.1, -0.05) is 65.2 Å². The summed E-state index contributed by atoms with van der Waals surface area (Å²) >= 11 is 17.1. The highest BCUT2D eigenvalue weighted by Gasteiger charge is 2.36. The lowest BCUT2D eigenvalue weighted by atomic mass is 9.82. The molecule has 1 aliphatic carbocycles. The van der Waals surface area contributed by atoms with Crippen LogP contribution in [0.25, 0.3) is 0 Å². The number of benzene rings is 1. The van der Waals surface area contributed by atoms with Crippen LogP contribution in [-0.4, -0.2) is 18.0 Å². The van der Waals surface area contributed by atoms with Crippen molar-refractivity contribution in [2.75, 3.05) is 5.32 Å². The maximum absolute atomic E-state index is 12.6. The van der Waals surface area contributed by atoms with Gasteiger partial charge in [-0.05, 0) is 31.9 Å². The van der Waals surface area contributed by atoms with Gasteiger partial charge < -0.3 is 10.1 Å². The van der Waals surface area contributed by atoms with E-state index in [1.165, 1.54) is 0 Å². The summed E-state index contributed by atoms with van der Waals surface area (Å²) in [6.07, 6.45) is 3.88. The summed E-state index contributed by atoms with van der Waals surface area (Å²) in [4.78, 5) is 25.1. The molecule has 0 saturated carbocycles. The molecule has 0 radical (unpaired) electrons. The lowest BCUT2D eigenvalue weighted by molar-refractivity contribution is -0.155. The summed E-state index contributed by atoms with van der Waals surface area (Å²) in [5, 5.41) is 2.88. The first-order chi connectivity index (χ1) is 11.9. The Morgan fingerprint density at radius 3 is 2.28 bits per heavy atom. The number of halogens is 3. The Labute approximate surface area is 161 Å². The lowest BCUT2D eigenvalue weighted by Crippen LogP contribution is -2.36. The van der Waals surface area contributed by atoms with Gasteiger partial charge >= 0.3 is 5.97 Å². The van der Waals surface area contributed by atoms with E-state index in [2.05, 4.69) is 5.32 Å². The van der Waals surface area contributed by atoms with Crippen LogP contribution in [0.15, 0.2) is 52.0 Å².